The molecule has 1 unspecified atom stereocenters. The molecule has 0 spiro atoms. The van der Waals surface area contributed by atoms with E-state index >= 15 is 0 Å². The SMILES string of the molecule is CCOC(=O)C1=C(C)N=c2s/c(=C\c3cn(CC)nc3C)c(=O)n2C1c1ccc(OC)cc1. The second-order valence-electron chi connectivity index (χ2n) is 7.60. The number of esters is 1. The van der Waals surface area contributed by atoms with Gasteiger partial charge >= 0.3 is 5.97 Å². The fourth-order valence-electron chi connectivity index (χ4n) is 3.87. The van der Waals surface area contributed by atoms with Crippen LogP contribution in [0.3, 0.4) is 0 Å². The summed E-state index contributed by atoms with van der Waals surface area (Å²) < 4.78 is 14.5. The van der Waals surface area contributed by atoms with Crippen molar-refractivity contribution in [2.24, 2.45) is 4.99 Å². The molecule has 0 N–H and O–H groups in total. The maximum atomic E-state index is 13.6. The van der Waals surface area contributed by atoms with Gasteiger partial charge in [0, 0.05) is 18.3 Å². The molecule has 0 radical (unpaired) electrons. The van der Waals surface area contributed by atoms with E-state index in [2.05, 4.69) is 10.1 Å². The molecule has 0 fully saturated rings. The molecule has 172 valence electrons. The van der Waals surface area contributed by atoms with Gasteiger partial charge in [-0.1, -0.05) is 23.5 Å². The number of nitrogens with zero attached hydrogens (tertiary/aromatic N) is 4. The van der Waals surface area contributed by atoms with Crippen LogP contribution in [-0.4, -0.2) is 34.0 Å². The Balaban J connectivity index is 1.94. The normalized spacial score (nSPS) is 15.9. The zero-order valence-corrected chi connectivity index (χ0v) is 20.1. The van der Waals surface area contributed by atoms with Crippen LogP contribution in [-0.2, 0) is 16.1 Å². The predicted octanol–water partition coefficient (Wildman–Crippen LogP) is 2.33. The number of allylic oxidation sites excluding steroid dienone is 1. The van der Waals surface area contributed by atoms with Gasteiger partial charge in [0.15, 0.2) is 4.80 Å². The number of benzene rings is 1. The summed E-state index contributed by atoms with van der Waals surface area (Å²) in [4.78, 5) is 31.7. The number of thiazole rings is 1. The predicted molar refractivity (Wildman–Crippen MR) is 126 cm³/mol. The molecule has 0 amide bonds. The Morgan fingerprint density at radius 3 is 2.55 bits per heavy atom. The number of ether oxygens (including phenoxy) is 2. The number of aromatic nitrogens is 3. The summed E-state index contributed by atoms with van der Waals surface area (Å²) in [7, 11) is 1.59. The highest BCUT2D eigenvalue weighted by molar-refractivity contribution is 7.07. The van der Waals surface area contributed by atoms with E-state index in [4.69, 9.17) is 9.47 Å². The molecule has 3 aromatic rings. The first-order valence-corrected chi connectivity index (χ1v) is 11.6. The molecule has 4 rings (SSSR count). The Morgan fingerprint density at radius 1 is 1.21 bits per heavy atom. The third-order valence-electron chi connectivity index (χ3n) is 5.54. The Morgan fingerprint density at radius 2 is 1.94 bits per heavy atom. The zero-order chi connectivity index (χ0) is 23.7. The molecule has 1 aromatic carbocycles. The minimum absolute atomic E-state index is 0.211. The first-order chi connectivity index (χ1) is 15.9. The quantitative estimate of drug-likeness (QED) is 0.521. The maximum Gasteiger partial charge on any atom is 0.338 e. The van der Waals surface area contributed by atoms with E-state index in [-0.39, 0.29) is 12.2 Å². The number of carbonyl (C=O) groups is 1. The van der Waals surface area contributed by atoms with Crippen LogP contribution in [0.5, 0.6) is 5.75 Å². The number of aryl methyl sites for hydroxylation is 2. The summed E-state index contributed by atoms with van der Waals surface area (Å²) in [5.41, 5.74) is 3.18. The van der Waals surface area contributed by atoms with Gasteiger partial charge in [-0.3, -0.25) is 14.0 Å². The molecule has 1 atom stereocenters. The van der Waals surface area contributed by atoms with Crippen molar-refractivity contribution >= 4 is 23.4 Å². The van der Waals surface area contributed by atoms with E-state index in [9.17, 15) is 9.59 Å². The van der Waals surface area contributed by atoms with Crippen molar-refractivity contribution in [1.29, 1.82) is 0 Å². The Labute approximate surface area is 195 Å². The van der Waals surface area contributed by atoms with Gasteiger partial charge in [-0.25, -0.2) is 9.79 Å². The van der Waals surface area contributed by atoms with E-state index in [1.54, 1.807) is 25.5 Å². The van der Waals surface area contributed by atoms with Crippen LogP contribution in [0.4, 0.5) is 0 Å². The zero-order valence-electron chi connectivity index (χ0n) is 19.3. The van der Waals surface area contributed by atoms with Crippen LogP contribution in [0.15, 0.2) is 51.5 Å². The summed E-state index contributed by atoms with van der Waals surface area (Å²) >= 11 is 1.30. The van der Waals surface area contributed by atoms with Gasteiger partial charge in [0.1, 0.15) is 5.75 Å². The van der Waals surface area contributed by atoms with E-state index in [1.165, 1.54) is 11.3 Å². The molecule has 9 heteroatoms. The second kappa shape index (κ2) is 9.19. The molecule has 33 heavy (non-hydrogen) atoms. The van der Waals surface area contributed by atoms with Gasteiger partial charge in [0.25, 0.3) is 5.56 Å². The van der Waals surface area contributed by atoms with Crippen molar-refractivity contribution in [2.45, 2.75) is 40.3 Å². The molecule has 1 aliphatic rings. The number of carbonyl (C=O) groups excluding carboxylic acids is 1. The average molecular weight is 467 g/mol. The molecule has 2 aromatic heterocycles. The lowest BCUT2D eigenvalue weighted by Gasteiger charge is -2.24. The molecular formula is C24H26N4O4S. The van der Waals surface area contributed by atoms with Crippen molar-refractivity contribution in [3.8, 4) is 5.75 Å². The molecule has 1 aliphatic heterocycles. The lowest BCUT2D eigenvalue weighted by atomic mass is 9.96. The second-order valence-corrected chi connectivity index (χ2v) is 8.61. The smallest absolute Gasteiger partial charge is 0.338 e. The lowest BCUT2D eigenvalue weighted by molar-refractivity contribution is -0.139. The number of hydrogen-bond acceptors (Lipinski definition) is 7. The number of methoxy groups -OCH3 is 1. The molecule has 0 saturated heterocycles. The van der Waals surface area contributed by atoms with E-state index in [1.807, 2.05) is 55.1 Å². The van der Waals surface area contributed by atoms with E-state index in [0.717, 1.165) is 23.4 Å². The number of rotatable bonds is 6. The van der Waals surface area contributed by atoms with Gasteiger partial charge < -0.3 is 9.47 Å². The van der Waals surface area contributed by atoms with Gasteiger partial charge in [-0.2, -0.15) is 5.10 Å². The molecular weight excluding hydrogens is 440 g/mol. The largest absolute Gasteiger partial charge is 0.497 e. The molecule has 8 nitrogen and oxygen atoms in total. The fraction of sp³-hybridized carbons (Fsp3) is 0.333. The highest BCUT2D eigenvalue weighted by atomic mass is 32.1. The minimum atomic E-state index is -0.646. The monoisotopic (exact) mass is 466 g/mol. The van der Waals surface area contributed by atoms with Gasteiger partial charge in [0.05, 0.1) is 41.3 Å². The number of hydrogen-bond donors (Lipinski definition) is 0. The van der Waals surface area contributed by atoms with Crippen LogP contribution < -0.4 is 19.6 Å². The standard InChI is InChI=1S/C24H26N4O4S/c1-6-27-13-17(14(3)26-27)12-19-22(29)28-21(16-8-10-18(31-5)11-9-16)20(23(30)32-7-2)15(4)25-24(28)33-19/h8-13,21H,6-7H2,1-5H3/b19-12-. The Bertz CT molecular complexity index is 1410. The Hall–Kier alpha value is -3.46. The van der Waals surface area contributed by atoms with Gasteiger partial charge in [-0.05, 0) is 51.5 Å². The average Bonchev–Trinajstić information content (AvgIpc) is 3.32. The van der Waals surface area contributed by atoms with Crippen LogP contribution in [0.25, 0.3) is 6.08 Å². The summed E-state index contributed by atoms with van der Waals surface area (Å²) in [5, 5.41) is 4.46. The van der Waals surface area contributed by atoms with Crippen LogP contribution in [0.1, 0.15) is 43.6 Å². The van der Waals surface area contributed by atoms with Crippen molar-refractivity contribution in [3.05, 3.63) is 78.2 Å². The highest BCUT2D eigenvalue weighted by Crippen LogP contribution is 2.31. The number of fused-ring (bicyclic) bond motifs is 1. The summed E-state index contributed by atoms with van der Waals surface area (Å²) in [5.74, 6) is 0.210. The van der Waals surface area contributed by atoms with Crippen molar-refractivity contribution < 1.29 is 14.3 Å². The molecule has 0 saturated carbocycles. The van der Waals surface area contributed by atoms with Gasteiger partial charge in [0.2, 0.25) is 0 Å². The first-order valence-electron chi connectivity index (χ1n) is 10.8. The van der Waals surface area contributed by atoms with Crippen LogP contribution in [0, 0.1) is 6.92 Å². The molecule has 0 aliphatic carbocycles. The topological polar surface area (TPSA) is 87.7 Å². The third-order valence-corrected chi connectivity index (χ3v) is 6.53. The Kier molecular flexibility index (Phi) is 6.33. The van der Waals surface area contributed by atoms with Crippen LogP contribution in [0.2, 0.25) is 0 Å². The minimum Gasteiger partial charge on any atom is -0.497 e. The fourth-order valence-corrected chi connectivity index (χ4v) is 4.91. The van der Waals surface area contributed by atoms with Crippen LogP contribution >= 0.6 is 11.3 Å². The van der Waals surface area contributed by atoms with Crippen molar-refractivity contribution in [2.75, 3.05) is 13.7 Å². The summed E-state index contributed by atoms with van der Waals surface area (Å²) in [6.07, 6.45) is 3.76. The first kappa shape index (κ1) is 22.7. The third kappa shape index (κ3) is 4.16. The van der Waals surface area contributed by atoms with E-state index < -0.39 is 12.0 Å². The highest BCUT2D eigenvalue weighted by Gasteiger charge is 2.33. The summed E-state index contributed by atoms with van der Waals surface area (Å²) in [6.45, 7) is 8.43. The van der Waals surface area contributed by atoms with Gasteiger partial charge in [-0.15, -0.1) is 0 Å². The van der Waals surface area contributed by atoms with Crippen molar-refractivity contribution in [3.63, 3.8) is 0 Å². The van der Waals surface area contributed by atoms with E-state index in [0.29, 0.717) is 26.4 Å². The van der Waals surface area contributed by atoms with Crippen molar-refractivity contribution in [1.82, 2.24) is 14.3 Å². The maximum absolute atomic E-state index is 13.6. The lowest BCUT2D eigenvalue weighted by Crippen LogP contribution is -2.39. The molecule has 0 bridgehead atoms. The summed E-state index contributed by atoms with van der Waals surface area (Å²) in [6, 6.07) is 6.69. The molecule has 3 heterocycles.